The minimum atomic E-state index is -0.346. The molecule has 1 N–H and O–H groups in total. The Morgan fingerprint density at radius 3 is 2.73 bits per heavy atom. The quantitative estimate of drug-likeness (QED) is 0.882. The highest BCUT2D eigenvalue weighted by molar-refractivity contribution is 6.04. The Balaban J connectivity index is 1.55. The SMILES string of the molecule is O=C(COc1ccc(F)cc1)NN=C1CCc2ccccc21. The van der Waals surface area contributed by atoms with Gasteiger partial charge in [-0.05, 0) is 42.7 Å². The number of aryl methyl sites for hydroxylation is 1. The van der Waals surface area contributed by atoms with Crippen LogP contribution in [0.15, 0.2) is 53.6 Å². The normalized spacial score (nSPS) is 14.7. The predicted octanol–water partition coefficient (Wildman–Crippen LogP) is 2.67. The minimum absolute atomic E-state index is 0.163. The lowest BCUT2D eigenvalue weighted by molar-refractivity contribution is -0.123. The minimum Gasteiger partial charge on any atom is -0.484 e. The molecule has 0 aliphatic heterocycles. The number of nitrogens with zero attached hydrogens (tertiary/aromatic N) is 1. The number of carbonyl (C=O) groups excluding carboxylic acids is 1. The van der Waals surface area contributed by atoms with Crippen molar-refractivity contribution >= 4 is 11.6 Å². The molecule has 0 bridgehead atoms. The Labute approximate surface area is 127 Å². The Kier molecular flexibility index (Phi) is 4.14. The molecule has 0 saturated heterocycles. The van der Waals surface area contributed by atoms with E-state index in [0.29, 0.717) is 5.75 Å². The van der Waals surface area contributed by atoms with Gasteiger partial charge in [-0.3, -0.25) is 4.79 Å². The molecule has 1 aliphatic carbocycles. The van der Waals surface area contributed by atoms with Crippen LogP contribution >= 0.6 is 0 Å². The van der Waals surface area contributed by atoms with E-state index in [1.807, 2.05) is 18.2 Å². The lowest BCUT2D eigenvalue weighted by Gasteiger charge is -2.05. The van der Waals surface area contributed by atoms with Crippen molar-refractivity contribution in [1.82, 2.24) is 5.43 Å². The topological polar surface area (TPSA) is 50.7 Å². The highest BCUT2D eigenvalue weighted by atomic mass is 19.1. The first-order valence-corrected chi connectivity index (χ1v) is 7.04. The number of hydrogen-bond donors (Lipinski definition) is 1. The van der Waals surface area contributed by atoms with Crippen LogP contribution in [0.5, 0.6) is 5.75 Å². The summed E-state index contributed by atoms with van der Waals surface area (Å²) in [7, 11) is 0. The predicted molar refractivity (Wildman–Crippen MR) is 81.3 cm³/mol. The zero-order chi connectivity index (χ0) is 15.4. The van der Waals surface area contributed by atoms with Crippen LogP contribution in [-0.2, 0) is 11.2 Å². The van der Waals surface area contributed by atoms with Crippen molar-refractivity contribution in [2.24, 2.45) is 5.10 Å². The van der Waals surface area contributed by atoms with Crippen LogP contribution < -0.4 is 10.2 Å². The second-order valence-electron chi connectivity index (χ2n) is 4.99. The first-order valence-electron chi connectivity index (χ1n) is 7.04. The van der Waals surface area contributed by atoms with Gasteiger partial charge in [-0.25, -0.2) is 9.82 Å². The molecule has 0 atom stereocenters. The van der Waals surface area contributed by atoms with E-state index in [2.05, 4.69) is 16.6 Å². The molecule has 4 nitrogen and oxygen atoms in total. The van der Waals surface area contributed by atoms with Gasteiger partial charge in [0.15, 0.2) is 6.61 Å². The molecule has 1 aliphatic rings. The van der Waals surface area contributed by atoms with E-state index in [1.165, 1.54) is 29.8 Å². The number of benzene rings is 2. The molecule has 2 aromatic rings. The van der Waals surface area contributed by atoms with Crippen molar-refractivity contribution in [1.29, 1.82) is 0 Å². The van der Waals surface area contributed by atoms with Gasteiger partial charge in [-0.1, -0.05) is 24.3 Å². The number of rotatable bonds is 4. The molecule has 0 unspecified atom stereocenters. The van der Waals surface area contributed by atoms with Gasteiger partial charge in [0.05, 0.1) is 5.71 Å². The number of ether oxygens (including phenoxy) is 1. The lowest BCUT2D eigenvalue weighted by atomic mass is 10.1. The molecule has 0 aromatic heterocycles. The van der Waals surface area contributed by atoms with Crippen molar-refractivity contribution in [2.75, 3.05) is 6.61 Å². The summed E-state index contributed by atoms with van der Waals surface area (Å²) >= 11 is 0. The highest BCUT2D eigenvalue weighted by Gasteiger charge is 2.17. The number of hydrazone groups is 1. The fourth-order valence-electron chi connectivity index (χ4n) is 2.37. The second kappa shape index (κ2) is 6.39. The Bertz CT molecular complexity index is 711. The standard InChI is InChI=1S/C17H15FN2O2/c18-13-6-8-14(9-7-13)22-11-17(21)20-19-16-10-5-12-3-1-2-4-15(12)16/h1-4,6-9H,5,10-11H2,(H,20,21). The van der Waals surface area contributed by atoms with Crippen molar-refractivity contribution in [3.05, 3.63) is 65.5 Å². The van der Waals surface area contributed by atoms with Gasteiger partial charge < -0.3 is 4.74 Å². The third-order valence-corrected chi connectivity index (χ3v) is 3.46. The Morgan fingerprint density at radius 1 is 1.14 bits per heavy atom. The number of amides is 1. The molecule has 0 radical (unpaired) electrons. The monoisotopic (exact) mass is 298 g/mol. The first kappa shape index (κ1) is 14.3. The number of halogens is 1. The van der Waals surface area contributed by atoms with Gasteiger partial charge in [0, 0.05) is 5.56 Å². The van der Waals surface area contributed by atoms with E-state index in [9.17, 15) is 9.18 Å². The molecular weight excluding hydrogens is 283 g/mol. The van der Waals surface area contributed by atoms with Crippen molar-refractivity contribution in [2.45, 2.75) is 12.8 Å². The highest BCUT2D eigenvalue weighted by Crippen LogP contribution is 2.21. The van der Waals surface area contributed by atoms with E-state index in [1.54, 1.807) is 0 Å². The maximum atomic E-state index is 12.7. The van der Waals surface area contributed by atoms with Crippen LogP contribution in [0, 0.1) is 5.82 Å². The number of nitrogens with one attached hydrogen (secondary N) is 1. The van der Waals surface area contributed by atoms with E-state index >= 15 is 0 Å². The maximum Gasteiger partial charge on any atom is 0.277 e. The Hall–Kier alpha value is -2.69. The third kappa shape index (κ3) is 3.31. The molecule has 112 valence electrons. The number of carbonyl (C=O) groups is 1. The van der Waals surface area contributed by atoms with Crippen molar-refractivity contribution in [3.8, 4) is 5.75 Å². The van der Waals surface area contributed by atoms with Crippen molar-refractivity contribution < 1.29 is 13.9 Å². The summed E-state index contributed by atoms with van der Waals surface area (Å²) in [6.07, 6.45) is 1.76. The van der Waals surface area contributed by atoms with Gasteiger partial charge in [0.1, 0.15) is 11.6 Å². The summed E-state index contributed by atoms with van der Waals surface area (Å²) < 4.78 is 18.0. The molecule has 2 aromatic carbocycles. The van der Waals surface area contributed by atoms with Crippen LogP contribution in [0.1, 0.15) is 17.5 Å². The van der Waals surface area contributed by atoms with E-state index < -0.39 is 0 Å². The summed E-state index contributed by atoms with van der Waals surface area (Å²) in [5.74, 6) is -0.250. The van der Waals surface area contributed by atoms with Crippen LogP contribution in [0.3, 0.4) is 0 Å². The molecule has 0 saturated carbocycles. The molecule has 22 heavy (non-hydrogen) atoms. The molecule has 0 fully saturated rings. The van der Waals surface area contributed by atoms with E-state index in [-0.39, 0.29) is 18.3 Å². The summed E-state index contributed by atoms with van der Waals surface area (Å²) in [5.41, 5.74) is 5.71. The molecule has 0 heterocycles. The molecule has 5 heteroatoms. The van der Waals surface area contributed by atoms with Crippen LogP contribution in [0.4, 0.5) is 4.39 Å². The summed E-state index contributed by atoms with van der Waals surface area (Å²) in [6.45, 7) is -0.163. The molecular formula is C17H15FN2O2. The molecule has 0 spiro atoms. The van der Waals surface area contributed by atoms with Gasteiger partial charge >= 0.3 is 0 Å². The van der Waals surface area contributed by atoms with Crippen LogP contribution in [0.25, 0.3) is 0 Å². The van der Waals surface area contributed by atoms with Gasteiger partial charge in [0.2, 0.25) is 0 Å². The van der Waals surface area contributed by atoms with Crippen LogP contribution in [-0.4, -0.2) is 18.2 Å². The second-order valence-corrected chi connectivity index (χ2v) is 4.99. The van der Waals surface area contributed by atoms with Crippen LogP contribution in [0.2, 0.25) is 0 Å². The average molecular weight is 298 g/mol. The van der Waals surface area contributed by atoms with E-state index in [4.69, 9.17) is 4.74 Å². The molecule has 3 rings (SSSR count). The zero-order valence-electron chi connectivity index (χ0n) is 11.9. The first-order chi connectivity index (χ1) is 10.7. The summed E-state index contributed by atoms with van der Waals surface area (Å²) in [4.78, 5) is 11.7. The third-order valence-electron chi connectivity index (χ3n) is 3.46. The Morgan fingerprint density at radius 2 is 1.91 bits per heavy atom. The zero-order valence-corrected chi connectivity index (χ0v) is 11.9. The van der Waals surface area contributed by atoms with Crippen molar-refractivity contribution in [3.63, 3.8) is 0 Å². The number of fused-ring (bicyclic) bond motifs is 1. The van der Waals surface area contributed by atoms with Gasteiger partial charge in [0.25, 0.3) is 5.91 Å². The van der Waals surface area contributed by atoms with Gasteiger partial charge in [-0.2, -0.15) is 5.10 Å². The van der Waals surface area contributed by atoms with Gasteiger partial charge in [-0.15, -0.1) is 0 Å². The maximum absolute atomic E-state index is 12.7. The smallest absolute Gasteiger partial charge is 0.277 e. The summed E-state index contributed by atoms with van der Waals surface area (Å²) in [5, 5.41) is 4.17. The number of hydrogen-bond acceptors (Lipinski definition) is 3. The fraction of sp³-hybridized carbons (Fsp3) is 0.176. The average Bonchev–Trinajstić information content (AvgIpc) is 2.96. The largest absolute Gasteiger partial charge is 0.484 e. The van der Waals surface area contributed by atoms with E-state index in [0.717, 1.165) is 24.1 Å². The fourth-order valence-corrected chi connectivity index (χ4v) is 2.37. The lowest BCUT2D eigenvalue weighted by Crippen LogP contribution is -2.25. The summed E-state index contributed by atoms with van der Waals surface area (Å²) in [6, 6.07) is 13.5. The molecule has 1 amide bonds.